The van der Waals surface area contributed by atoms with Crippen molar-refractivity contribution in [1.82, 2.24) is 4.98 Å². The lowest BCUT2D eigenvalue weighted by molar-refractivity contribution is 1.20. The number of aromatic nitrogens is 1. The first-order valence-electron chi connectivity index (χ1n) is 4.45. The fraction of sp³-hybridized carbons (Fsp3) is 0.0833. The van der Waals surface area contributed by atoms with Crippen molar-refractivity contribution >= 4 is 15.9 Å². The predicted octanol–water partition coefficient (Wildman–Crippen LogP) is 3.82. The molecule has 0 radical (unpaired) electrons. The van der Waals surface area contributed by atoms with E-state index in [9.17, 15) is 0 Å². The molecule has 0 amide bonds. The van der Waals surface area contributed by atoms with Gasteiger partial charge in [-0.25, -0.2) is 0 Å². The highest BCUT2D eigenvalue weighted by atomic mass is 79.9. The SMILES string of the molecule is Cc1cc(-c2ccccc2Br)ccn1. The first-order chi connectivity index (χ1) is 6.77. The summed E-state index contributed by atoms with van der Waals surface area (Å²) in [4.78, 5) is 4.18. The van der Waals surface area contributed by atoms with Crippen LogP contribution in [0.4, 0.5) is 0 Å². The van der Waals surface area contributed by atoms with Gasteiger partial charge in [-0.15, -0.1) is 0 Å². The van der Waals surface area contributed by atoms with Crippen molar-refractivity contribution in [3.05, 3.63) is 52.8 Å². The quantitative estimate of drug-likeness (QED) is 0.747. The van der Waals surface area contributed by atoms with E-state index in [2.05, 4.69) is 33.0 Å². The highest BCUT2D eigenvalue weighted by Gasteiger charge is 2.01. The molecule has 1 heterocycles. The zero-order chi connectivity index (χ0) is 9.97. The van der Waals surface area contributed by atoms with Gasteiger partial charge in [0.2, 0.25) is 0 Å². The van der Waals surface area contributed by atoms with Crippen LogP contribution in [0, 0.1) is 6.92 Å². The molecule has 1 nitrogen and oxygen atoms in total. The molecular weight excluding hydrogens is 238 g/mol. The van der Waals surface area contributed by atoms with Crippen molar-refractivity contribution in [3.63, 3.8) is 0 Å². The molecule has 14 heavy (non-hydrogen) atoms. The molecule has 0 N–H and O–H groups in total. The number of hydrogen-bond acceptors (Lipinski definition) is 1. The Balaban J connectivity index is 2.55. The van der Waals surface area contributed by atoms with E-state index < -0.39 is 0 Å². The number of benzene rings is 1. The predicted molar refractivity (Wildman–Crippen MR) is 62.1 cm³/mol. The Bertz CT molecular complexity index is 452. The molecule has 0 aliphatic heterocycles. The molecule has 0 aliphatic carbocycles. The molecule has 1 aromatic carbocycles. The van der Waals surface area contributed by atoms with Crippen LogP contribution in [0.3, 0.4) is 0 Å². The van der Waals surface area contributed by atoms with Crippen LogP contribution in [0.15, 0.2) is 47.1 Å². The summed E-state index contributed by atoms with van der Waals surface area (Å²) >= 11 is 3.54. The second-order valence-corrected chi connectivity index (χ2v) is 4.02. The summed E-state index contributed by atoms with van der Waals surface area (Å²) in [7, 11) is 0. The van der Waals surface area contributed by atoms with Crippen molar-refractivity contribution < 1.29 is 0 Å². The minimum absolute atomic E-state index is 1.04. The highest BCUT2D eigenvalue weighted by Crippen LogP contribution is 2.27. The van der Waals surface area contributed by atoms with E-state index in [4.69, 9.17) is 0 Å². The van der Waals surface area contributed by atoms with Crippen molar-refractivity contribution in [3.8, 4) is 11.1 Å². The zero-order valence-electron chi connectivity index (χ0n) is 7.87. The molecule has 0 aliphatic rings. The smallest absolute Gasteiger partial charge is 0.0378 e. The molecule has 2 heteroatoms. The van der Waals surface area contributed by atoms with Crippen molar-refractivity contribution in [2.75, 3.05) is 0 Å². The van der Waals surface area contributed by atoms with Crippen LogP contribution in [-0.4, -0.2) is 4.98 Å². The molecule has 1 aromatic heterocycles. The van der Waals surface area contributed by atoms with Gasteiger partial charge in [0.05, 0.1) is 0 Å². The lowest BCUT2D eigenvalue weighted by atomic mass is 10.1. The minimum Gasteiger partial charge on any atom is -0.262 e. The molecule has 0 fully saturated rings. The number of rotatable bonds is 1. The largest absolute Gasteiger partial charge is 0.262 e. The van der Waals surface area contributed by atoms with E-state index in [1.54, 1.807) is 0 Å². The number of nitrogens with zero attached hydrogens (tertiary/aromatic N) is 1. The van der Waals surface area contributed by atoms with Crippen molar-refractivity contribution in [2.24, 2.45) is 0 Å². The minimum atomic E-state index is 1.04. The highest BCUT2D eigenvalue weighted by molar-refractivity contribution is 9.10. The van der Waals surface area contributed by atoms with E-state index >= 15 is 0 Å². The summed E-state index contributed by atoms with van der Waals surface area (Å²) in [5.41, 5.74) is 3.45. The van der Waals surface area contributed by atoms with Crippen LogP contribution in [-0.2, 0) is 0 Å². The molecule has 70 valence electrons. The zero-order valence-corrected chi connectivity index (χ0v) is 9.45. The number of halogens is 1. The maximum atomic E-state index is 4.18. The van der Waals surface area contributed by atoms with Crippen molar-refractivity contribution in [2.45, 2.75) is 6.92 Å². The normalized spacial score (nSPS) is 10.1. The standard InChI is InChI=1S/C12H10BrN/c1-9-8-10(6-7-14-9)11-4-2-3-5-12(11)13/h2-8H,1H3. The fourth-order valence-electron chi connectivity index (χ4n) is 1.41. The van der Waals surface area contributed by atoms with Crippen molar-refractivity contribution in [1.29, 1.82) is 0 Å². The lowest BCUT2D eigenvalue weighted by Crippen LogP contribution is -1.83. The third-order valence-corrected chi connectivity index (χ3v) is 2.77. The summed E-state index contributed by atoms with van der Waals surface area (Å²) < 4.78 is 1.12. The lowest BCUT2D eigenvalue weighted by Gasteiger charge is -2.04. The Morgan fingerprint density at radius 2 is 1.93 bits per heavy atom. The Kier molecular flexibility index (Phi) is 2.64. The second-order valence-electron chi connectivity index (χ2n) is 3.17. The van der Waals surface area contributed by atoms with Crippen LogP contribution in [0.5, 0.6) is 0 Å². The molecular formula is C12H10BrN. The topological polar surface area (TPSA) is 12.9 Å². The molecule has 2 aromatic rings. The van der Waals surface area contributed by atoms with E-state index in [1.165, 1.54) is 11.1 Å². The molecule has 0 spiro atoms. The third kappa shape index (κ3) is 1.85. The molecule has 2 rings (SSSR count). The first kappa shape index (κ1) is 9.41. The summed E-state index contributed by atoms with van der Waals surface area (Å²) in [6, 6.07) is 12.3. The average molecular weight is 248 g/mol. The summed E-state index contributed by atoms with van der Waals surface area (Å²) in [6.45, 7) is 2.00. The van der Waals surface area contributed by atoms with Gasteiger partial charge in [0, 0.05) is 16.4 Å². The first-order valence-corrected chi connectivity index (χ1v) is 5.24. The van der Waals surface area contributed by atoms with Crippen LogP contribution >= 0.6 is 15.9 Å². The Labute approximate surface area is 91.9 Å². The number of aryl methyl sites for hydroxylation is 1. The third-order valence-electron chi connectivity index (χ3n) is 2.08. The molecule has 0 unspecified atom stereocenters. The van der Waals surface area contributed by atoms with Crippen LogP contribution < -0.4 is 0 Å². The monoisotopic (exact) mass is 247 g/mol. The second kappa shape index (κ2) is 3.93. The van der Waals surface area contributed by atoms with Crippen LogP contribution in [0.2, 0.25) is 0 Å². The van der Waals surface area contributed by atoms with Gasteiger partial charge in [-0.2, -0.15) is 0 Å². The van der Waals surface area contributed by atoms with E-state index in [0.29, 0.717) is 0 Å². The van der Waals surface area contributed by atoms with E-state index in [1.807, 2.05) is 37.4 Å². The summed E-state index contributed by atoms with van der Waals surface area (Å²) in [6.07, 6.45) is 1.84. The Morgan fingerprint density at radius 1 is 1.14 bits per heavy atom. The van der Waals surface area contributed by atoms with Crippen LogP contribution in [0.25, 0.3) is 11.1 Å². The van der Waals surface area contributed by atoms with E-state index in [0.717, 1.165) is 10.2 Å². The number of hydrogen-bond donors (Lipinski definition) is 0. The van der Waals surface area contributed by atoms with Gasteiger partial charge in [-0.05, 0) is 36.2 Å². The number of pyridine rings is 1. The molecule has 0 saturated carbocycles. The maximum absolute atomic E-state index is 4.18. The molecule has 0 bridgehead atoms. The Morgan fingerprint density at radius 3 is 2.64 bits per heavy atom. The van der Waals surface area contributed by atoms with Gasteiger partial charge in [0.25, 0.3) is 0 Å². The van der Waals surface area contributed by atoms with Gasteiger partial charge in [-0.1, -0.05) is 34.1 Å². The van der Waals surface area contributed by atoms with Gasteiger partial charge < -0.3 is 0 Å². The molecule has 0 saturated heterocycles. The van der Waals surface area contributed by atoms with Gasteiger partial charge in [0.1, 0.15) is 0 Å². The van der Waals surface area contributed by atoms with Gasteiger partial charge in [-0.3, -0.25) is 4.98 Å². The maximum Gasteiger partial charge on any atom is 0.0378 e. The summed E-state index contributed by atoms with van der Waals surface area (Å²) in [5.74, 6) is 0. The van der Waals surface area contributed by atoms with Gasteiger partial charge in [0.15, 0.2) is 0 Å². The fourth-order valence-corrected chi connectivity index (χ4v) is 1.92. The summed E-state index contributed by atoms with van der Waals surface area (Å²) in [5, 5.41) is 0. The van der Waals surface area contributed by atoms with Crippen LogP contribution in [0.1, 0.15) is 5.69 Å². The van der Waals surface area contributed by atoms with Gasteiger partial charge >= 0.3 is 0 Å². The average Bonchev–Trinajstić information content (AvgIpc) is 2.18. The Hall–Kier alpha value is -1.15. The molecule has 0 atom stereocenters. The van der Waals surface area contributed by atoms with E-state index in [-0.39, 0.29) is 0 Å².